The van der Waals surface area contributed by atoms with E-state index in [0.29, 0.717) is 11.2 Å². The van der Waals surface area contributed by atoms with Crippen LogP contribution in [0.25, 0.3) is 11.0 Å². The zero-order valence-corrected chi connectivity index (χ0v) is 15.3. The smallest absolute Gasteiger partial charge is 0.275 e. The molecular formula is C21H22N4O2. The number of anilines is 2. The SMILES string of the molecule is COC1CCCN(c2ccc(NC(=O)c3cnc4ccccc4n3)cc2)C1. The molecule has 6 heteroatoms. The van der Waals surface area contributed by atoms with Crippen LogP contribution in [0.2, 0.25) is 0 Å². The summed E-state index contributed by atoms with van der Waals surface area (Å²) in [7, 11) is 1.77. The van der Waals surface area contributed by atoms with Crippen LogP contribution in [0.3, 0.4) is 0 Å². The van der Waals surface area contributed by atoms with Gasteiger partial charge < -0.3 is 15.0 Å². The van der Waals surface area contributed by atoms with E-state index in [2.05, 4.69) is 20.2 Å². The number of aromatic nitrogens is 2. The van der Waals surface area contributed by atoms with E-state index in [9.17, 15) is 4.79 Å². The van der Waals surface area contributed by atoms with E-state index in [-0.39, 0.29) is 12.0 Å². The molecule has 3 aromatic rings. The Bertz CT molecular complexity index is 942. The number of ether oxygens (including phenoxy) is 1. The van der Waals surface area contributed by atoms with Gasteiger partial charge in [-0.1, -0.05) is 12.1 Å². The first-order chi connectivity index (χ1) is 13.2. The number of piperidine rings is 1. The van der Waals surface area contributed by atoms with Crippen LogP contribution in [0.15, 0.2) is 54.7 Å². The summed E-state index contributed by atoms with van der Waals surface area (Å²) < 4.78 is 5.49. The Morgan fingerprint density at radius 2 is 1.93 bits per heavy atom. The maximum atomic E-state index is 12.5. The van der Waals surface area contributed by atoms with Gasteiger partial charge >= 0.3 is 0 Å². The van der Waals surface area contributed by atoms with Crippen molar-refractivity contribution in [2.24, 2.45) is 0 Å². The molecule has 1 atom stereocenters. The molecule has 0 bridgehead atoms. The van der Waals surface area contributed by atoms with Crippen LogP contribution >= 0.6 is 0 Å². The monoisotopic (exact) mass is 362 g/mol. The molecule has 6 nitrogen and oxygen atoms in total. The standard InChI is InChI=1S/C21H22N4O2/c1-27-17-5-4-12-25(14-17)16-10-8-15(9-11-16)23-21(26)20-13-22-18-6-2-3-7-19(18)24-20/h2-3,6-11,13,17H,4-5,12,14H2,1H3,(H,23,26). The maximum Gasteiger partial charge on any atom is 0.275 e. The van der Waals surface area contributed by atoms with E-state index in [1.165, 1.54) is 6.20 Å². The zero-order valence-electron chi connectivity index (χ0n) is 15.3. The Kier molecular flexibility index (Phi) is 4.98. The highest BCUT2D eigenvalue weighted by molar-refractivity contribution is 6.03. The van der Waals surface area contributed by atoms with Crippen molar-refractivity contribution >= 4 is 28.3 Å². The Morgan fingerprint density at radius 1 is 1.15 bits per heavy atom. The number of para-hydroxylation sites is 2. The molecular weight excluding hydrogens is 340 g/mol. The minimum absolute atomic E-state index is 0.265. The Labute approximate surface area is 158 Å². The van der Waals surface area contributed by atoms with Crippen LogP contribution < -0.4 is 10.2 Å². The van der Waals surface area contributed by atoms with Crippen LogP contribution in [-0.2, 0) is 4.74 Å². The van der Waals surface area contributed by atoms with Gasteiger partial charge in [-0.15, -0.1) is 0 Å². The number of amides is 1. The molecule has 1 saturated heterocycles. The first-order valence-corrected chi connectivity index (χ1v) is 9.14. The van der Waals surface area contributed by atoms with Crippen LogP contribution in [0.4, 0.5) is 11.4 Å². The lowest BCUT2D eigenvalue weighted by atomic mass is 10.1. The lowest BCUT2D eigenvalue weighted by Crippen LogP contribution is -2.39. The van der Waals surface area contributed by atoms with E-state index in [1.54, 1.807) is 7.11 Å². The number of methoxy groups -OCH3 is 1. The van der Waals surface area contributed by atoms with Crippen molar-refractivity contribution in [2.45, 2.75) is 18.9 Å². The molecule has 1 fully saturated rings. The summed E-state index contributed by atoms with van der Waals surface area (Å²) in [4.78, 5) is 23.5. The van der Waals surface area contributed by atoms with Gasteiger partial charge in [-0.2, -0.15) is 0 Å². The molecule has 0 spiro atoms. The van der Waals surface area contributed by atoms with Crippen LogP contribution in [0.5, 0.6) is 0 Å². The second kappa shape index (κ2) is 7.72. The van der Waals surface area contributed by atoms with Crippen LogP contribution in [0.1, 0.15) is 23.3 Å². The summed E-state index contributed by atoms with van der Waals surface area (Å²) >= 11 is 0. The number of hydrogen-bond donors (Lipinski definition) is 1. The van der Waals surface area contributed by atoms with E-state index in [4.69, 9.17) is 4.74 Å². The van der Waals surface area contributed by atoms with Gasteiger partial charge in [0.2, 0.25) is 0 Å². The van der Waals surface area contributed by atoms with Gasteiger partial charge in [-0.05, 0) is 49.2 Å². The lowest BCUT2D eigenvalue weighted by Gasteiger charge is -2.33. The van der Waals surface area contributed by atoms with Crippen molar-refractivity contribution in [1.29, 1.82) is 0 Å². The van der Waals surface area contributed by atoms with Crippen molar-refractivity contribution in [3.63, 3.8) is 0 Å². The molecule has 1 unspecified atom stereocenters. The molecule has 0 saturated carbocycles. The third-order valence-electron chi connectivity index (χ3n) is 4.88. The topological polar surface area (TPSA) is 67.3 Å². The Morgan fingerprint density at radius 3 is 2.70 bits per heavy atom. The number of nitrogens with zero attached hydrogens (tertiary/aromatic N) is 3. The largest absolute Gasteiger partial charge is 0.380 e. The minimum atomic E-state index is -0.265. The fourth-order valence-corrected chi connectivity index (χ4v) is 3.38. The molecule has 1 N–H and O–H groups in total. The molecule has 0 radical (unpaired) electrons. The van der Waals surface area contributed by atoms with Crippen molar-refractivity contribution < 1.29 is 9.53 Å². The summed E-state index contributed by atoms with van der Waals surface area (Å²) in [5, 5.41) is 2.89. The molecule has 1 amide bonds. The summed E-state index contributed by atoms with van der Waals surface area (Å²) in [6, 6.07) is 15.4. The van der Waals surface area contributed by atoms with E-state index >= 15 is 0 Å². The quantitative estimate of drug-likeness (QED) is 0.769. The number of fused-ring (bicyclic) bond motifs is 1. The molecule has 27 heavy (non-hydrogen) atoms. The van der Waals surface area contributed by atoms with Gasteiger partial charge in [0, 0.05) is 31.6 Å². The molecule has 1 aromatic heterocycles. The van der Waals surface area contributed by atoms with E-state index < -0.39 is 0 Å². The number of benzene rings is 2. The van der Waals surface area contributed by atoms with Crippen molar-refractivity contribution in [3.8, 4) is 0 Å². The van der Waals surface area contributed by atoms with Gasteiger partial charge in [-0.3, -0.25) is 9.78 Å². The highest BCUT2D eigenvalue weighted by atomic mass is 16.5. The van der Waals surface area contributed by atoms with Crippen molar-refractivity contribution in [2.75, 3.05) is 30.4 Å². The van der Waals surface area contributed by atoms with Crippen molar-refractivity contribution in [1.82, 2.24) is 9.97 Å². The van der Waals surface area contributed by atoms with Crippen LogP contribution in [-0.4, -0.2) is 42.2 Å². The normalized spacial score (nSPS) is 17.1. The van der Waals surface area contributed by atoms with E-state index in [0.717, 1.165) is 42.8 Å². The molecule has 0 aliphatic carbocycles. The number of carbonyl (C=O) groups is 1. The number of nitrogens with one attached hydrogen (secondary N) is 1. The molecule has 2 heterocycles. The first kappa shape index (κ1) is 17.4. The number of hydrogen-bond acceptors (Lipinski definition) is 5. The third kappa shape index (κ3) is 3.90. The van der Waals surface area contributed by atoms with E-state index in [1.807, 2.05) is 48.5 Å². The summed E-state index contributed by atoms with van der Waals surface area (Å²) in [6.07, 6.45) is 4.01. The van der Waals surface area contributed by atoms with Gasteiger partial charge in [0.05, 0.1) is 23.3 Å². The first-order valence-electron chi connectivity index (χ1n) is 9.14. The third-order valence-corrected chi connectivity index (χ3v) is 4.88. The Balaban J connectivity index is 1.45. The minimum Gasteiger partial charge on any atom is -0.380 e. The lowest BCUT2D eigenvalue weighted by molar-refractivity contribution is 0.0893. The van der Waals surface area contributed by atoms with Gasteiger partial charge in [0.15, 0.2) is 0 Å². The molecule has 1 aliphatic rings. The molecule has 1 aliphatic heterocycles. The van der Waals surface area contributed by atoms with Gasteiger partial charge in [0.1, 0.15) is 5.69 Å². The molecule has 4 rings (SSSR count). The average molecular weight is 362 g/mol. The summed E-state index contributed by atoms with van der Waals surface area (Å²) in [5.74, 6) is -0.265. The van der Waals surface area contributed by atoms with Gasteiger partial charge in [0.25, 0.3) is 5.91 Å². The summed E-state index contributed by atoms with van der Waals surface area (Å²) in [5.41, 5.74) is 3.66. The predicted molar refractivity (Wildman–Crippen MR) is 106 cm³/mol. The zero-order chi connectivity index (χ0) is 18.6. The second-order valence-electron chi connectivity index (χ2n) is 6.69. The number of rotatable bonds is 4. The fraction of sp³-hybridized carbons (Fsp3) is 0.286. The van der Waals surface area contributed by atoms with Crippen molar-refractivity contribution in [3.05, 3.63) is 60.4 Å². The predicted octanol–water partition coefficient (Wildman–Crippen LogP) is 3.50. The average Bonchev–Trinajstić information content (AvgIpc) is 2.74. The second-order valence-corrected chi connectivity index (χ2v) is 6.69. The summed E-state index contributed by atoms with van der Waals surface area (Å²) in [6.45, 7) is 1.92. The highest BCUT2D eigenvalue weighted by Crippen LogP contribution is 2.23. The maximum absolute atomic E-state index is 12.5. The molecule has 138 valence electrons. The molecule has 2 aromatic carbocycles. The Hall–Kier alpha value is -2.99. The highest BCUT2D eigenvalue weighted by Gasteiger charge is 2.19. The van der Waals surface area contributed by atoms with Crippen LogP contribution in [0, 0.1) is 0 Å². The fourth-order valence-electron chi connectivity index (χ4n) is 3.38. The number of carbonyl (C=O) groups excluding carboxylic acids is 1. The van der Waals surface area contributed by atoms with Gasteiger partial charge in [-0.25, -0.2) is 4.98 Å².